The van der Waals surface area contributed by atoms with Crippen molar-refractivity contribution in [2.24, 2.45) is 0 Å². The zero-order chi connectivity index (χ0) is 20.2. The van der Waals surface area contributed by atoms with E-state index in [1.54, 1.807) is 30.5 Å². The van der Waals surface area contributed by atoms with Gasteiger partial charge in [0, 0.05) is 23.6 Å². The number of fused-ring (bicyclic) bond motifs is 2. The maximum absolute atomic E-state index is 12.4. The van der Waals surface area contributed by atoms with Crippen LogP contribution in [0.25, 0.3) is 21.7 Å². The molecule has 0 saturated carbocycles. The molecule has 1 heterocycles. The van der Waals surface area contributed by atoms with Gasteiger partial charge < -0.3 is 10.4 Å². The molecule has 0 unspecified atom stereocenters. The number of amides is 1. The maximum Gasteiger partial charge on any atom is 0.224 e. The second-order valence-electron chi connectivity index (χ2n) is 6.89. The number of rotatable bonds is 5. The summed E-state index contributed by atoms with van der Waals surface area (Å²) in [5.74, 6) is 0.121. The normalized spacial score (nSPS) is 10.7. The number of anilines is 1. The lowest BCUT2D eigenvalue weighted by atomic mass is 9.97. The van der Waals surface area contributed by atoms with Crippen molar-refractivity contribution in [2.45, 2.75) is 19.3 Å². The number of nitrogens with zero attached hydrogens (tertiary/aromatic N) is 2. The Bertz CT molecular complexity index is 1250. The molecule has 4 aromatic rings. The molecule has 5 heteroatoms. The SMILES string of the molecule is N#Cc1ccc2c(CCCC(=O)Nc3cccc4cccnc34)c(O)ccc2c1. The predicted molar refractivity (Wildman–Crippen MR) is 114 cm³/mol. The predicted octanol–water partition coefficient (Wildman–Crippen LogP) is 4.93. The van der Waals surface area contributed by atoms with Crippen molar-refractivity contribution in [3.63, 3.8) is 0 Å². The average Bonchev–Trinajstić information content (AvgIpc) is 2.75. The summed E-state index contributed by atoms with van der Waals surface area (Å²) in [5, 5.41) is 25.1. The molecule has 0 aliphatic rings. The van der Waals surface area contributed by atoms with Gasteiger partial charge in [0.2, 0.25) is 5.91 Å². The molecule has 0 fully saturated rings. The number of aryl methyl sites for hydroxylation is 1. The van der Waals surface area contributed by atoms with E-state index in [0.29, 0.717) is 30.5 Å². The lowest BCUT2D eigenvalue weighted by Gasteiger charge is -2.10. The van der Waals surface area contributed by atoms with Crippen LogP contribution in [-0.2, 0) is 11.2 Å². The zero-order valence-electron chi connectivity index (χ0n) is 15.7. The molecule has 2 N–H and O–H groups in total. The number of carbonyl (C=O) groups excluding carboxylic acids is 1. The molecular weight excluding hydrogens is 362 g/mol. The van der Waals surface area contributed by atoms with Gasteiger partial charge in [0.15, 0.2) is 0 Å². The van der Waals surface area contributed by atoms with Gasteiger partial charge in [0.25, 0.3) is 0 Å². The minimum Gasteiger partial charge on any atom is -0.508 e. The fourth-order valence-corrected chi connectivity index (χ4v) is 3.56. The Labute approximate surface area is 168 Å². The minimum atomic E-state index is -0.0883. The van der Waals surface area contributed by atoms with Crippen molar-refractivity contribution in [1.29, 1.82) is 5.26 Å². The summed E-state index contributed by atoms with van der Waals surface area (Å²) in [5.41, 5.74) is 2.84. The second kappa shape index (κ2) is 7.99. The van der Waals surface area contributed by atoms with E-state index in [0.717, 1.165) is 27.2 Å². The van der Waals surface area contributed by atoms with Gasteiger partial charge in [-0.15, -0.1) is 0 Å². The third-order valence-corrected chi connectivity index (χ3v) is 4.97. The van der Waals surface area contributed by atoms with Crippen LogP contribution in [0.3, 0.4) is 0 Å². The zero-order valence-corrected chi connectivity index (χ0v) is 15.7. The molecule has 0 atom stereocenters. The second-order valence-corrected chi connectivity index (χ2v) is 6.89. The molecule has 1 aromatic heterocycles. The molecule has 4 rings (SSSR count). The first-order valence-corrected chi connectivity index (χ1v) is 9.44. The lowest BCUT2D eigenvalue weighted by molar-refractivity contribution is -0.116. The van der Waals surface area contributed by atoms with Crippen LogP contribution in [0.1, 0.15) is 24.0 Å². The van der Waals surface area contributed by atoms with E-state index >= 15 is 0 Å². The number of hydrogen-bond acceptors (Lipinski definition) is 4. The van der Waals surface area contributed by atoms with Crippen LogP contribution in [-0.4, -0.2) is 16.0 Å². The molecule has 29 heavy (non-hydrogen) atoms. The Balaban J connectivity index is 1.46. The molecule has 3 aromatic carbocycles. The van der Waals surface area contributed by atoms with Crippen molar-refractivity contribution in [3.8, 4) is 11.8 Å². The monoisotopic (exact) mass is 381 g/mol. The van der Waals surface area contributed by atoms with E-state index in [2.05, 4.69) is 16.4 Å². The molecule has 0 bridgehead atoms. The summed E-state index contributed by atoms with van der Waals surface area (Å²) in [6.45, 7) is 0. The molecule has 0 saturated heterocycles. The van der Waals surface area contributed by atoms with Crippen LogP contribution in [0.2, 0.25) is 0 Å². The van der Waals surface area contributed by atoms with Crippen molar-refractivity contribution in [3.05, 3.63) is 78.0 Å². The number of aromatic nitrogens is 1. The minimum absolute atomic E-state index is 0.0883. The van der Waals surface area contributed by atoms with Crippen LogP contribution in [0.4, 0.5) is 5.69 Å². The first kappa shape index (κ1) is 18.5. The fraction of sp³-hybridized carbons (Fsp3) is 0.125. The lowest BCUT2D eigenvalue weighted by Crippen LogP contribution is -2.12. The van der Waals surface area contributed by atoms with E-state index < -0.39 is 0 Å². The highest BCUT2D eigenvalue weighted by Crippen LogP contribution is 2.29. The number of pyridine rings is 1. The van der Waals surface area contributed by atoms with Crippen LogP contribution < -0.4 is 5.32 Å². The van der Waals surface area contributed by atoms with Crippen molar-refractivity contribution in [2.75, 3.05) is 5.32 Å². The molecule has 0 aliphatic heterocycles. The average molecular weight is 381 g/mol. The molecule has 1 amide bonds. The van der Waals surface area contributed by atoms with E-state index in [4.69, 9.17) is 5.26 Å². The van der Waals surface area contributed by atoms with E-state index in [9.17, 15) is 9.90 Å². The molecule has 0 aliphatic carbocycles. The molecule has 5 nitrogen and oxygen atoms in total. The number of phenols is 1. The molecule has 142 valence electrons. The van der Waals surface area contributed by atoms with Gasteiger partial charge in [0.05, 0.1) is 22.8 Å². The number of nitriles is 1. The Morgan fingerprint density at radius 2 is 1.93 bits per heavy atom. The van der Waals surface area contributed by atoms with Crippen LogP contribution in [0.5, 0.6) is 5.75 Å². The maximum atomic E-state index is 12.4. The van der Waals surface area contributed by atoms with Gasteiger partial charge in [-0.2, -0.15) is 5.26 Å². The quantitative estimate of drug-likeness (QED) is 0.513. The highest BCUT2D eigenvalue weighted by Gasteiger charge is 2.10. The Morgan fingerprint density at radius 3 is 2.79 bits per heavy atom. The van der Waals surface area contributed by atoms with Crippen molar-refractivity contribution in [1.82, 2.24) is 4.98 Å². The smallest absolute Gasteiger partial charge is 0.224 e. The van der Waals surface area contributed by atoms with Gasteiger partial charge in [-0.25, -0.2) is 0 Å². The number of benzene rings is 3. The standard InChI is InChI=1S/C24H19N3O2/c25-15-16-9-11-19-18(14-16)10-12-22(28)20(19)6-2-8-23(29)27-21-7-1-4-17-5-3-13-26-24(17)21/h1,3-5,7,9-14,28H,2,6,8H2,(H,27,29). The largest absolute Gasteiger partial charge is 0.508 e. The van der Waals surface area contributed by atoms with Gasteiger partial charge in [0.1, 0.15) is 5.75 Å². The summed E-state index contributed by atoms with van der Waals surface area (Å²) in [6, 6.07) is 20.5. The number of phenolic OH excluding ortho intramolecular Hbond substituents is 1. The number of carbonyl (C=O) groups is 1. The number of nitrogens with one attached hydrogen (secondary N) is 1. The molecule has 0 radical (unpaired) electrons. The summed E-state index contributed by atoms with van der Waals surface area (Å²) in [7, 11) is 0. The summed E-state index contributed by atoms with van der Waals surface area (Å²) in [4.78, 5) is 16.8. The summed E-state index contributed by atoms with van der Waals surface area (Å²) >= 11 is 0. The number of para-hydroxylation sites is 1. The Kier molecular flexibility index (Phi) is 5.08. The number of hydrogen-bond donors (Lipinski definition) is 2. The third-order valence-electron chi connectivity index (χ3n) is 4.97. The fourth-order valence-electron chi connectivity index (χ4n) is 3.56. The third kappa shape index (κ3) is 3.87. The van der Waals surface area contributed by atoms with Gasteiger partial charge in [-0.05, 0) is 53.9 Å². The van der Waals surface area contributed by atoms with Crippen LogP contribution >= 0.6 is 0 Å². The molecular formula is C24H19N3O2. The highest BCUT2D eigenvalue weighted by atomic mass is 16.3. The van der Waals surface area contributed by atoms with Crippen LogP contribution in [0, 0.1) is 11.3 Å². The first-order valence-electron chi connectivity index (χ1n) is 9.44. The summed E-state index contributed by atoms with van der Waals surface area (Å²) in [6.07, 6.45) is 3.20. The highest BCUT2D eigenvalue weighted by molar-refractivity contribution is 6.00. The van der Waals surface area contributed by atoms with Gasteiger partial charge in [-0.3, -0.25) is 9.78 Å². The van der Waals surface area contributed by atoms with Crippen molar-refractivity contribution >= 4 is 33.3 Å². The molecule has 0 spiro atoms. The number of aromatic hydroxyl groups is 1. The van der Waals surface area contributed by atoms with Crippen LogP contribution in [0.15, 0.2) is 66.9 Å². The van der Waals surface area contributed by atoms with Gasteiger partial charge in [-0.1, -0.05) is 30.3 Å². The van der Waals surface area contributed by atoms with Crippen molar-refractivity contribution < 1.29 is 9.90 Å². The van der Waals surface area contributed by atoms with E-state index in [-0.39, 0.29) is 11.7 Å². The Morgan fingerprint density at radius 1 is 1.07 bits per heavy atom. The first-order chi connectivity index (χ1) is 14.2. The topological polar surface area (TPSA) is 86.0 Å². The van der Waals surface area contributed by atoms with Gasteiger partial charge >= 0.3 is 0 Å². The van der Waals surface area contributed by atoms with E-state index in [1.807, 2.05) is 36.4 Å². The Hall–Kier alpha value is -3.91. The summed E-state index contributed by atoms with van der Waals surface area (Å²) < 4.78 is 0. The van der Waals surface area contributed by atoms with E-state index in [1.165, 1.54) is 0 Å².